The Bertz CT molecular complexity index is 412. The SMILES string of the molecule is CC(C)NCc1c(Cl)cccc1N1CCN(C)CC1. The van der Waals surface area contributed by atoms with Crippen LogP contribution in [-0.4, -0.2) is 44.2 Å². The predicted octanol–water partition coefficient (Wildman–Crippen LogP) is 2.59. The molecule has 0 aliphatic carbocycles. The molecule has 0 spiro atoms. The first-order chi connectivity index (χ1) is 9.08. The van der Waals surface area contributed by atoms with Crippen LogP contribution in [0.25, 0.3) is 0 Å². The maximum atomic E-state index is 6.38. The smallest absolute Gasteiger partial charge is 0.0471 e. The number of piperazine rings is 1. The molecular formula is C15H24ClN3. The van der Waals surface area contributed by atoms with Gasteiger partial charge >= 0.3 is 0 Å². The average Bonchev–Trinajstić information content (AvgIpc) is 2.38. The number of halogens is 1. The Labute approximate surface area is 121 Å². The zero-order valence-electron chi connectivity index (χ0n) is 12.1. The van der Waals surface area contributed by atoms with Gasteiger partial charge < -0.3 is 15.1 Å². The molecule has 0 radical (unpaired) electrons. The molecule has 0 amide bonds. The second kappa shape index (κ2) is 6.60. The average molecular weight is 282 g/mol. The van der Waals surface area contributed by atoms with Crippen LogP contribution in [0.2, 0.25) is 5.02 Å². The van der Waals surface area contributed by atoms with Crippen LogP contribution < -0.4 is 10.2 Å². The highest BCUT2D eigenvalue weighted by molar-refractivity contribution is 6.31. The van der Waals surface area contributed by atoms with E-state index in [1.165, 1.54) is 11.3 Å². The Morgan fingerprint density at radius 1 is 1.21 bits per heavy atom. The molecule has 2 rings (SSSR count). The fraction of sp³-hybridized carbons (Fsp3) is 0.600. The van der Waals surface area contributed by atoms with Gasteiger partial charge in [-0.2, -0.15) is 0 Å². The number of anilines is 1. The molecular weight excluding hydrogens is 258 g/mol. The Hall–Kier alpha value is -0.770. The molecule has 0 saturated carbocycles. The van der Waals surface area contributed by atoms with Gasteiger partial charge in [-0.15, -0.1) is 0 Å². The minimum absolute atomic E-state index is 0.469. The summed E-state index contributed by atoms with van der Waals surface area (Å²) in [6.07, 6.45) is 0. The van der Waals surface area contributed by atoms with Gasteiger partial charge in [0.05, 0.1) is 0 Å². The van der Waals surface area contributed by atoms with Gasteiger partial charge in [-0.1, -0.05) is 31.5 Å². The third-order valence-corrected chi connectivity index (χ3v) is 3.98. The van der Waals surface area contributed by atoms with Crippen molar-refractivity contribution in [2.24, 2.45) is 0 Å². The van der Waals surface area contributed by atoms with Crippen molar-refractivity contribution in [1.82, 2.24) is 10.2 Å². The Morgan fingerprint density at radius 2 is 1.89 bits per heavy atom. The maximum Gasteiger partial charge on any atom is 0.0471 e. The fourth-order valence-corrected chi connectivity index (χ4v) is 2.61. The van der Waals surface area contributed by atoms with Crippen LogP contribution in [-0.2, 0) is 6.54 Å². The predicted molar refractivity (Wildman–Crippen MR) is 83.1 cm³/mol. The fourth-order valence-electron chi connectivity index (χ4n) is 2.37. The van der Waals surface area contributed by atoms with Crippen molar-refractivity contribution in [3.8, 4) is 0 Å². The molecule has 0 unspecified atom stereocenters. The molecule has 4 heteroatoms. The Morgan fingerprint density at radius 3 is 2.53 bits per heavy atom. The summed E-state index contributed by atoms with van der Waals surface area (Å²) in [4.78, 5) is 4.82. The first-order valence-electron chi connectivity index (χ1n) is 7.02. The lowest BCUT2D eigenvalue weighted by molar-refractivity contribution is 0.312. The first-order valence-corrected chi connectivity index (χ1v) is 7.40. The van der Waals surface area contributed by atoms with Gasteiger partial charge in [-0.3, -0.25) is 0 Å². The lowest BCUT2D eigenvalue weighted by Crippen LogP contribution is -2.45. The van der Waals surface area contributed by atoms with E-state index in [0.717, 1.165) is 37.7 Å². The van der Waals surface area contributed by atoms with E-state index in [9.17, 15) is 0 Å². The standard InChI is InChI=1S/C15H24ClN3/c1-12(2)17-11-13-14(16)5-4-6-15(13)19-9-7-18(3)8-10-19/h4-6,12,17H,7-11H2,1-3H3. The van der Waals surface area contributed by atoms with Gasteiger partial charge in [0.2, 0.25) is 0 Å². The molecule has 0 aromatic heterocycles. The summed E-state index contributed by atoms with van der Waals surface area (Å²) in [5.74, 6) is 0. The number of hydrogen-bond donors (Lipinski definition) is 1. The molecule has 1 aliphatic rings. The summed E-state index contributed by atoms with van der Waals surface area (Å²) < 4.78 is 0. The number of hydrogen-bond acceptors (Lipinski definition) is 3. The molecule has 1 fully saturated rings. The van der Waals surface area contributed by atoms with Crippen molar-refractivity contribution in [2.45, 2.75) is 26.4 Å². The van der Waals surface area contributed by atoms with Gasteiger partial charge in [0.25, 0.3) is 0 Å². The number of rotatable bonds is 4. The molecule has 1 aromatic rings. The highest BCUT2D eigenvalue weighted by atomic mass is 35.5. The van der Waals surface area contributed by atoms with E-state index in [2.05, 4.69) is 48.1 Å². The quantitative estimate of drug-likeness (QED) is 0.915. The lowest BCUT2D eigenvalue weighted by Gasteiger charge is -2.35. The molecule has 1 N–H and O–H groups in total. The molecule has 1 aromatic carbocycles. The summed E-state index contributed by atoms with van der Waals surface area (Å²) in [7, 11) is 2.18. The van der Waals surface area contributed by atoms with Crippen molar-refractivity contribution < 1.29 is 0 Å². The summed E-state index contributed by atoms with van der Waals surface area (Å²) in [5, 5.41) is 4.33. The van der Waals surface area contributed by atoms with Crippen LogP contribution in [0.3, 0.4) is 0 Å². The minimum Gasteiger partial charge on any atom is -0.369 e. The third kappa shape index (κ3) is 3.85. The van der Waals surface area contributed by atoms with E-state index in [1.807, 2.05) is 6.07 Å². The number of nitrogens with zero attached hydrogens (tertiary/aromatic N) is 2. The summed E-state index contributed by atoms with van der Waals surface area (Å²) in [6.45, 7) is 9.53. The van der Waals surface area contributed by atoms with E-state index in [1.54, 1.807) is 0 Å². The second-order valence-electron chi connectivity index (χ2n) is 5.56. The van der Waals surface area contributed by atoms with Crippen molar-refractivity contribution >= 4 is 17.3 Å². The molecule has 106 valence electrons. The van der Waals surface area contributed by atoms with Crippen molar-refractivity contribution in [3.05, 3.63) is 28.8 Å². The van der Waals surface area contributed by atoms with Crippen LogP contribution in [0, 0.1) is 0 Å². The minimum atomic E-state index is 0.469. The molecule has 1 aliphatic heterocycles. The first kappa shape index (κ1) is 14.6. The van der Waals surface area contributed by atoms with E-state index in [-0.39, 0.29) is 0 Å². The van der Waals surface area contributed by atoms with E-state index in [4.69, 9.17) is 11.6 Å². The monoisotopic (exact) mass is 281 g/mol. The van der Waals surface area contributed by atoms with Crippen molar-refractivity contribution in [3.63, 3.8) is 0 Å². The zero-order valence-corrected chi connectivity index (χ0v) is 12.9. The highest BCUT2D eigenvalue weighted by Gasteiger charge is 2.18. The Kier molecular flexibility index (Phi) is 5.08. The largest absolute Gasteiger partial charge is 0.369 e. The number of benzene rings is 1. The summed E-state index contributed by atoms with van der Waals surface area (Å²) in [6, 6.07) is 6.69. The van der Waals surface area contributed by atoms with Crippen LogP contribution >= 0.6 is 11.6 Å². The van der Waals surface area contributed by atoms with Gasteiger partial charge in [0.1, 0.15) is 0 Å². The number of likely N-dealkylation sites (N-methyl/N-ethyl adjacent to an activating group) is 1. The van der Waals surface area contributed by atoms with Gasteiger partial charge in [0, 0.05) is 55.0 Å². The topological polar surface area (TPSA) is 18.5 Å². The van der Waals surface area contributed by atoms with Gasteiger partial charge in [-0.05, 0) is 19.2 Å². The summed E-state index contributed by atoms with van der Waals surface area (Å²) >= 11 is 6.38. The van der Waals surface area contributed by atoms with E-state index in [0.29, 0.717) is 6.04 Å². The van der Waals surface area contributed by atoms with Crippen LogP contribution in [0.1, 0.15) is 19.4 Å². The third-order valence-electron chi connectivity index (χ3n) is 3.63. The van der Waals surface area contributed by atoms with Crippen LogP contribution in [0.15, 0.2) is 18.2 Å². The van der Waals surface area contributed by atoms with Crippen molar-refractivity contribution in [2.75, 3.05) is 38.1 Å². The molecule has 1 heterocycles. The van der Waals surface area contributed by atoms with Gasteiger partial charge in [0.15, 0.2) is 0 Å². The molecule has 0 atom stereocenters. The van der Waals surface area contributed by atoms with E-state index < -0.39 is 0 Å². The lowest BCUT2D eigenvalue weighted by atomic mass is 10.1. The molecule has 3 nitrogen and oxygen atoms in total. The number of nitrogens with one attached hydrogen (secondary N) is 1. The molecule has 0 bridgehead atoms. The molecule has 1 saturated heterocycles. The molecule has 19 heavy (non-hydrogen) atoms. The maximum absolute atomic E-state index is 6.38. The summed E-state index contributed by atoms with van der Waals surface area (Å²) in [5.41, 5.74) is 2.51. The van der Waals surface area contributed by atoms with E-state index >= 15 is 0 Å². The highest BCUT2D eigenvalue weighted by Crippen LogP contribution is 2.28. The second-order valence-corrected chi connectivity index (χ2v) is 5.97. The van der Waals surface area contributed by atoms with Gasteiger partial charge in [-0.25, -0.2) is 0 Å². The van der Waals surface area contributed by atoms with Crippen molar-refractivity contribution in [1.29, 1.82) is 0 Å². The normalized spacial score (nSPS) is 17.2. The zero-order chi connectivity index (χ0) is 13.8. The Balaban J connectivity index is 2.16. The van der Waals surface area contributed by atoms with Crippen LogP contribution in [0.4, 0.5) is 5.69 Å². The van der Waals surface area contributed by atoms with Crippen LogP contribution in [0.5, 0.6) is 0 Å².